The number of aromatic amines is 1. The molecule has 5 rings (SSSR count). The Bertz CT molecular complexity index is 1240. The van der Waals surface area contributed by atoms with Gasteiger partial charge in [-0.25, -0.2) is 24.7 Å². The Morgan fingerprint density at radius 1 is 1.19 bits per heavy atom. The van der Waals surface area contributed by atoms with Crippen molar-refractivity contribution < 1.29 is 4.79 Å². The minimum Gasteiger partial charge on any atom is -0.361 e. The molecule has 4 aromatic rings. The molecule has 1 saturated heterocycles. The van der Waals surface area contributed by atoms with Crippen molar-refractivity contribution in [2.45, 2.75) is 45.3 Å². The maximum Gasteiger partial charge on any atom is 0.317 e. The number of H-pyrrole nitrogens is 1. The number of rotatable bonds is 5. The third-order valence-corrected chi connectivity index (χ3v) is 5.83. The summed E-state index contributed by atoms with van der Waals surface area (Å²) in [4.78, 5) is 35.0. The van der Waals surface area contributed by atoms with Gasteiger partial charge in [0.25, 0.3) is 0 Å². The number of likely N-dealkylation sites (tertiary alicyclic amines) is 1. The molecule has 0 saturated carbocycles. The Morgan fingerprint density at radius 2 is 2.00 bits per heavy atom. The molecule has 3 N–H and O–H groups in total. The maximum absolute atomic E-state index is 12.4. The van der Waals surface area contributed by atoms with Crippen molar-refractivity contribution in [2.24, 2.45) is 0 Å². The molecule has 10 heteroatoms. The minimum absolute atomic E-state index is 0.0168. The van der Waals surface area contributed by atoms with Crippen LogP contribution in [0.25, 0.3) is 22.2 Å². The van der Waals surface area contributed by atoms with E-state index in [1.807, 2.05) is 36.9 Å². The van der Waals surface area contributed by atoms with E-state index in [9.17, 15) is 4.79 Å². The molecule has 1 aliphatic heterocycles. The molecule has 0 radical (unpaired) electrons. The van der Waals surface area contributed by atoms with E-state index in [0.717, 1.165) is 48.3 Å². The number of anilines is 1. The molecule has 0 spiro atoms. The molecule has 10 nitrogen and oxygen atoms in total. The highest BCUT2D eigenvalue weighted by Gasteiger charge is 2.27. The predicted octanol–water partition coefficient (Wildman–Crippen LogP) is 3.07. The topological polar surface area (TPSA) is 117 Å². The number of piperidine rings is 1. The van der Waals surface area contributed by atoms with Crippen molar-refractivity contribution in [3.63, 3.8) is 0 Å². The van der Waals surface area contributed by atoms with Gasteiger partial charge in [0.15, 0.2) is 11.5 Å². The van der Waals surface area contributed by atoms with E-state index >= 15 is 0 Å². The first-order valence-corrected chi connectivity index (χ1v) is 11.0. The molecule has 0 aliphatic carbocycles. The largest absolute Gasteiger partial charge is 0.361 e. The average molecular weight is 434 g/mol. The number of nitrogens with one attached hydrogen (secondary N) is 3. The van der Waals surface area contributed by atoms with Crippen LogP contribution >= 0.6 is 0 Å². The molecule has 0 unspecified atom stereocenters. The van der Waals surface area contributed by atoms with E-state index < -0.39 is 0 Å². The molecule has 2 amide bonds. The first kappa shape index (κ1) is 20.2. The van der Waals surface area contributed by atoms with Gasteiger partial charge in [-0.3, -0.25) is 0 Å². The third-order valence-electron chi connectivity index (χ3n) is 5.83. The standard InChI is InChI=1S/C22H27N9O/c1-14(2)28-22(32)30-9-7-15(8-10-30)31-17-6-4-3-5-16(17)29-18(31)11-23-20-19-21(25-12-24-19)27-13-26-20/h3-6,12-15H,7-11H2,1-2H3,(H,28,32)(H2,23,24,25,26,27). The number of urea groups is 1. The summed E-state index contributed by atoms with van der Waals surface area (Å²) < 4.78 is 2.32. The Kier molecular flexibility index (Phi) is 5.34. The van der Waals surface area contributed by atoms with Crippen LogP contribution in [0.5, 0.6) is 0 Å². The fourth-order valence-corrected chi connectivity index (χ4v) is 4.35. The molecule has 1 aromatic carbocycles. The predicted molar refractivity (Wildman–Crippen MR) is 122 cm³/mol. The van der Waals surface area contributed by atoms with Crippen LogP contribution in [0, 0.1) is 0 Å². The van der Waals surface area contributed by atoms with Gasteiger partial charge >= 0.3 is 6.03 Å². The molecule has 0 bridgehead atoms. The number of imidazole rings is 2. The number of benzene rings is 1. The number of aromatic nitrogens is 6. The first-order valence-electron chi connectivity index (χ1n) is 11.0. The first-order chi connectivity index (χ1) is 15.6. The van der Waals surface area contributed by atoms with Crippen LogP contribution in [-0.4, -0.2) is 59.5 Å². The van der Waals surface area contributed by atoms with Gasteiger partial charge in [-0.2, -0.15) is 0 Å². The molecule has 3 aromatic heterocycles. The summed E-state index contributed by atoms with van der Waals surface area (Å²) in [7, 11) is 0. The lowest BCUT2D eigenvalue weighted by Gasteiger charge is -2.34. The summed E-state index contributed by atoms with van der Waals surface area (Å²) in [5.74, 6) is 1.65. The molecule has 1 fully saturated rings. The van der Waals surface area contributed by atoms with Crippen molar-refractivity contribution in [3.05, 3.63) is 42.7 Å². The lowest BCUT2D eigenvalue weighted by molar-refractivity contribution is 0.169. The van der Waals surface area contributed by atoms with Crippen LogP contribution in [0.3, 0.4) is 0 Å². The van der Waals surface area contributed by atoms with E-state index in [0.29, 0.717) is 18.0 Å². The van der Waals surface area contributed by atoms with Gasteiger partial charge in [0.1, 0.15) is 17.7 Å². The normalized spacial score (nSPS) is 15.0. The van der Waals surface area contributed by atoms with Crippen LogP contribution in [0.1, 0.15) is 38.6 Å². The van der Waals surface area contributed by atoms with Crippen molar-refractivity contribution in [1.82, 2.24) is 39.7 Å². The summed E-state index contributed by atoms with van der Waals surface area (Å²) in [6.07, 6.45) is 4.89. The van der Waals surface area contributed by atoms with Crippen LogP contribution < -0.4 is 10.6 Å². The van der Waals surface area contributed by atoms with E-state index in [1.165, 1.54) is 6.33 Å². The quantitative estimate of drug-likeness (QED) is 0.445. The zero-order chi connectivity index (χ0) is 22.1. The van der Waals surface area contributed by atoms with Crippen LogP contribution in [-0.2, 0) is 6.54 Å². The molecule has 1 aliphatic rings. The monoisotopic (exact) mass is 433 g/mol. The number of para-hydroxylation sites is 2. The van der Waals surface area contributed by atoms with E-state index in [4.69, 9.17) is 4.98 Å². The number of hydrogen-bond donors (Lipinski definition) is 3. The molecule has 4 heterocycles. The number of carbonyl (C=O) groups is 1. The fourth-order valence-electron chi connectivity index (χ4n) is 4.35. The summed E-state index contributed by atoms with van der Waals surface area (Å²) >= 11 is 0. The summed E-state index contributed by atoms with van der Waals surface area (Å²) in [5, 5.41) is 6.39. The van der Waals surface area contributed by atoms with Crippen LogP contribution in [0.15, 0.2) is 36.9 Å². The Balaban J connectivity index is 1.38. The van der Waals surface area contributed by atoms with Gasteiger partial charge in [0.2, 0.25) is 0 Å². The lowest BCUT2D eigenvalue weighted by atomic mass is 10.0. The van der Waals surface area contributed by atoms with Crippen molar-refractivity contribution in [3.8, 4) is 0 Å². The van der Waals surface area contributed by atoms with Crippen LogP contribution in [0.4, 0.5) is 10.6 Å². The number of fused-ring (bicyclic) bond motifs is 2. The number of amides is 2. The summed E-state index contributed by atoms with van der Waals surface area (Å²) in [5.41, 5.74) is 3.49. The SMILES string of the molecule is CC(C)NC(=O)N1CCC(n2c(CNc3ncnc4nc[nH]c34)nc3ccccc32)CC1. The molecular formula is C22H27N9O. The van der Waals surface area contributed by atoms with Gasteiger partial charge in [-0.15, -0.1) is 0 Å². The van der Waals surface area contributed by atoms with E-state index in [2.05, 4.69) is 41.2 Å². The number of nitrogens with zero attached hydrogens (tertiary/aromatic N) is 6. The third kappa shape index (κ3) is 3.83. The number of hydrogen-bond acceptors (Lipinski definition) is 6. The maximum atomic E-state index is 12.4. The zero-order valence-electron chi connectivity index (χ0n) is 18.2. The Morgan fingerprint density at radius 3 is 2.81 bits per heavy atom. The van der Waals surface area contributed by atoms with Crippen molar-refractivity contribution in [1.29, 1.82) is 0 Å². The highest BCUT2D eigenvalue weighted by atomic mass is 16.2. The highest BCUT2D eigenvalue weighted by molar-refractivity contribution is 5.82. The molecule has 166 valence electrons. The highest BCUT2D eigenvalue weighted by Crippen LogP contribution is 2.29. The Hall–Kier alpha value is -3.69. The van der Waals surface area contributed by atoms with E-state index in [1.54, 1.807) is 6.33 Å². The van der Waals surface area contributed by atoms with Crippen LogP contribution in [0.2, 0.25) is 0 Å². The Labute approximate surface area is 185 Å². The lowest BCUT2D eigenvalue weighted by Crippen LogP contribution is -2.46. The molecule has 32 heavy (non-hydrogen) atoms. The second-order valence-electron chi connectivity index (χ2n) is 8.39. The summed E-state index contributed by atoms with van der Waals surface area (Å²) in [6.45, 7) is 5.94. The smallest absolute Gasteiger partial charge is 0.317 e. The van der Waals surface area contributed by atoms with Crippen molar-refractivity contribution >= 4 is 34.0 Å². The van der Waals surface area contributed by atoms with Crippen molar-refractivity contribution in [2.75, 3.05) is 18.4 Å². The van der Waals surface area contributed by atoms with Gasteiger partial charge in [0, 0.05) is 25.2 Å². The minimum atomic E-state index is 0.0168. The second kappa shape index (κ2) is 8.45. The molecule has 0 atom stereocenters. The van der Waals surface area contributed by atoms with Gasteiger partial charge < -0.3 is 25.1 Å². The van der Waals surface area contributed by atoms with Gasteiger partial charge in [0.05, 0.1) is 23.9 Å². The van der Waals surface area contributed by atoms with Gasteiger partial charge in [-0.1, -0.05) is 12.1 Å². The molecular weight excluding hydrogens is 406 g/mol. The fraction of sp³-hybridized carbons (Fsp3) is 0.409. The average Bonchev–Trinajstić information content (AvgIpc) is 3.42. The number of carbonyl (C=O) groups excluding carboxylic acids is 1. The second-order valence-corrected chi connectivity index (χ2v) is 8.39. The summed E-state index contributed by atoms with van der Waals surface area (Å²) in [6, 6.07) is 8.64. The van der Waals surface area contributed by atoms with E-state index in [-0.39, 0.29) is 18.1 Å². The zero-order valence-corrected chi connectivity index (χ0v) is 18.2. The van der Waals surface area contributed by atoms with Gasteiger partial charge in [-0.05, 0) is 38.8 Å².